The summed E-state index contributed by atoms with van der Waals surface area (Å²) in [5.74, 6) is -7.32. The van der Waals surface area contributed by atoms with Crippen molar-refractivity contribution >= 4 is 23.2 Å². The van der Waals surface area contributed by atoms with E-state index in [0.717, 1.165) is 6.20 Å². The van der Waals surface area contributed by atoms with E-state index in [1.807, 2.05) is 13.8 Å². The van der Waals surface area contributed by atoms with Gasteiger partial charge in [-0.1, -0.05) is 59.5 Å². The number of rotatable bonds is 6. The Bertz CT molecular complexity index is 1300. The van der Waals surface area contributed by atoms with Crippen molar-refractivity contribution in [3.8, 4) is 11.1 Å². The van der Waals surface area contributed by atoms with Gasteiger partial charge in [0.05, 0.1) is 23.6 Å². The average Bonchev–Trinajstić information content (AvgIpc) is 3.46. The van der Waals surface area contributed by atoms with Gasteiger partial charge in [0.2, 0.25) is 6.41 Å². The molecule has 1 saturated heterocycles. The van der Waals surface area contributed by atoms with Crippen LogP contribution in [-0.2, 0) is 11.4 Å². The Hall–Kier alpha value is -3.51. The molecule has 234 valence electrons. The number of carbonyl (C=O) groups is 1. The van der Waals surface area contributed by atoms with E-state index >= 15 is 0 Å². The lowest BCUT2D eigenvalue weighted by Gasteiger charge is -2.21. The Labute approximate surface area is 244 Å². The fraction of sp³-hybridized carbons (Fsp3) is 0.467. The number of carbonyl (C=O) groups excluding carboxylic acids is 1. The maximum atomic E-state index is 14.8. The Morgan fingerprint density at radius 3 is 2.10 bits per heavy atom. The summed E-state index contributed by atoms with van der Waals surface area (Å²) >= 11 is 0. The summed E-state index contributed by atoms with van der Waals surface area (Å²) in [6.07, 6.45) is 3.56. The van der Waals surface area contributed by atoms with Gasteiger partial charge in [-0.15, -0.1) is 0 Å². The van der Waals surface area contributed by atoms with E-state index in [9.17, 15) is 31.9 Å². The number of aliphatic hydroxyl groups is 1. The first-order chi connectivity index (χ1) is 19.9. The number of nitrogens with zero attached hydrogens (tertiary/aromatic N) is 3. The standard InChI is InChI=1S/C22H19F5N4O3.2C3H8.C2H6/c1-28-17-7-30(2)18(22(17,26)27)8-31(10-33)21-20-13(3-11(9-32)4-16(20)34-29-21)19-14(24)5-12(23)6-15(19)25;2*1-3-2;1-2/h3-6,8,10,17,28,32H,7,9H2,1-2H3;2*3H2,1-2H3;1-2H3/b18-8-;;;/t17-;;;/m1.../s1. The number of alkyl halides is 2. The van der Waals surface area contributed by atoms with Crippen LogP contribution in [0, 0.1) is 17.5 Å². The van der Waals surface area contributed by atoms with Crippen LogP contribution >= 0.6 is 0 Å². The monoisotopic (exact) mass is 600 g/mol. The molecule has 0 aliphatic carbocycles. The largest absolute Gasteiger partial charge is 0.392 e. The third-order valence-electron chi connectivity index (χ3n) is 5.69. The SMILES string of the molecule is CC.CCC.CCC.CN[C@@H]1CN(C)/C(=C\N(C=O)c2noc3cc(CO)cc(-c4c(F)cc(F)cc4F)c23)C1(F)F. The van der Waals surface area contributed by atoms with Crippen LogP contribution in [0.25, 0.3) is 22.1 Å². The zero-order valence-electron chi connectivity index (χ0n) is 25.4. The third kappa shape index (κ3) is 8.07. The van der Waals surface area contributed by atoms with Crippen LogP contribution < -0.4 is 10.2 Å². The maximum absolute atomic E-state index is 14.8. The van der Waals surface area contributed by atoms with Crippen LogP contribution in [0.4, 0.5) is 27.8 Å². The summed E-state index contributed by atoms with van der Waals surface area (Å²) in [7, 11) is 2.80. The number of hydrogen-bond acceptors (Lipinski definition) is 6. The molecule has 0 saturated carbocycles. The molecule has 7 nitrogen and oxygen atoms in total. The van der Waals surface area contributed by atoms with Crippen molar-refractivity contribution in [2.75, 3.05) is 25.5 Å². The second kappa shape index (κ2) is 16.8. The summed E-state index contributed by atoms with van der Waals surface area (Å²) < 4.78 is 77.7. The molecule has 1 aliphatic heterocycles. The number of hydrogen-bond donors (Lipinski definition) is 2. The van der Waals surface area contributed by atoms with Gasteiger partial charge < -0.3 is 19.8 Å². The number of aromatic nitrogens is 1. The van der Waals surface area contributed by atoms with Crippen molar-refractivity contribution in [1.29, 1.82) is 0 Å². The highest BCUT2D eigenvalue weighted by atomic mass is 19.3. The number of likely N-dealkylation sites (tertiary alicyclic amines) is 1. The number of halogens is 5. The second-order valence-corrected chi connectivity index (χ2v) is 9.21. The molecular weight excluding hydrogens is 559 g/mol. The Morgan fingerprint density at radius 2 is 1.64 bits per heavy atom. The number of benzene rings is 2. The van der Waals surface area contributed by atoms with E-state index in [4.69, 9.17) is 4.52 Å². The second-order valence-electron chi connectivity index (χ2n) is 9.21. The molecule has 12 heteroatoms. The summed E-state index contributed by atoms with van der Waals surface area (Å²) in [5, 5.41) is 15.7. The minimum absolute atomic E-state index is 0.0430. The topological polar surface area (TPSA) is 81.8 Å². The number of aliphatic hydroxyl groups excluding tert-OH is 1. The molecule has 2 heterocycles. The first-order valence-corrected chi connectivity index (χ1v) is 13.8. The maximum Gasteiger partial charge on any atom is 0.305 e. The van der Waals surface area contributed by atoms with Crippen LogP contribution in [0.1, 0.15) is 59.9 Å². The van der Waals surface area contributed by atoms with Crippen molar-refractivity contribution in [2.45, 2.75) is 73.0 Å². The molecule has 3 aromatic rings. The number of nitrogens with one attached hydrogen (secondary N) is 1. The average molecular weight is 601 g/mol. The molecule has 0 radical (unpaired) electrons. The summed E-state index contributed by atoms with van der Waals surface area (Å²) in [4.78, 5) is 13.9. The molecule has 2 N–H and O–H groups in total. The van der Waals surface area contributed by atoms with Crippen LogP contribution in [0.5, 0.6) is 0 Å². The predicted molar refractivity (Wildman–Crippen MR) is 156 cm³/mol. The zero-order valence-corrected chi connectivity index (χ0v) is 25.4. The van der Waals surface area contributed by atoms with Gasteiger partial charge in [0, 0.05) is 37.5 Å². The van der Waals surface area contributed by atoms with Crippen LogP contribution in [0.15, 0.2) is 40.7 Å². The molecule has 42 heavy (non-hydrogen) atoms. The minimum atomic E-state index is -3.34. The highest BCUT2D eigenvalue weighted by molar-refractivity contribution is 6.05. The van der Waals surface area contributed by atoms with Crippen molar-refractivity contribution in [3.63, 3.8) is 0 Å². The fourth-order valence-electron chi connectivity index (χ4n) is 4.03. The van der Waals surface area contributed by atoms with Crippen LogP contribution in [0.2, 0.25) is 0 Å². The highest BCUT2D eigenvalue weighted by Gasteiger charge is 2.51. The number of anilines is 1. The van der Waals surface area contributed by atoms with Gasteiger partial charge in [-0.05, 0) is 24.7 Å². The lowest BCUT2D eigenvalue weighted by Crippen LogP contribution is -2.41. The Balaban J connectivity index is 0.000000998. The molecule has 1 amide bonds. The molecule has 2 aromatic carbocycles. The van der Waals surface area contributed by atoms with E-state index < -0.39 is 47.3 Å². The van der Waals surface area contributed by atoms with Gasteiger partial charge in [0.1, 0.15) is 23.1 Å². The van der Waals surface area contributed by atoms with E-state index in [0.29, 0.717) is 17.0 Å². The molecule has 0 unspecified atom stereocenters. The van der Waals surface area contributed by atoms with Crippen LogP contribution in [0.3, 0.4) is 0 Å². The van der Waals surface area contributed by atoms with Crippen molar-refractivity contribution in [1.82, 2.24) is 15.4 Å². The lowest BCUT2D eigenvalue weighted by molar-refractivity contribution is -0.107. The Kier molecular flexibility index (Phi) is 14.6. The van der Waals surface area contributed by atoms with Gasteiger partial charge in [0.15, 0.2) is 11.4 Å². The summed E-state index contributed by atoms with van der Waals surface area (Å²) in [6, 6.07) is 2.25. The van der Waals surface area contributed by atoms with Crippen molar-refractivity contribution in [3.05, 3.63) is 59.2 Å². The normalized spacial score (nSPS) is 16.2. The number of fused-ring (bicyclic) bond motifs is 1. The van der Waals surface area contributed by atoms with Gasteiger partial charge in [0.25, 0.3) is 0 Å². The first kappa shape index (κ1) is 36.5. The van der Waals surface area contributed by atoms with Gasteiger partial charge in [-0.3, -0.25) is 9.69 Å². The smallest absolute Gasteiger partial charge is 0.305 e. The first-order valence-electron chi connectivity index (χ1n) is 13.8. The van der Waals surface area contributed by atoms with E-state index in [1.54, 1.807) is 0 Å². The molecule has 1 atom stereocenters. The van der Waals surface area contributed by atoms with Gasteiger partial charge in [-0.25, -0.2) is 13.2 Å². The Morgan fingerprint density at radius 1 is 1.10 bits per heavy atom. The molecule has 1 aromatic heterocycles. The molecule has 1 fully saturated rings. The molecule has 0 bridgehead atoms. The highest BCUT2D eigenvalue weighted by Crippen LogP contribution is 2.41. The number of amides is 1. The van der Waals surface area contributed by atoms with Gasteiger partial charge >= 0.3 is 5.92 Å². The third-order valence-corrected chi connectivity index (χ3v) is 5.69. The zero-order chi connectivity index (χ0) is 32.2. The van der Waals surface area contributed by atoms with Crippen LogP contribution in [-0.4, -0.2) is 54.2 Å². The molecular formula is C30H41F5N4O3. The molecule has 4 rings (SSSR count). The van der Waals surface area contributed by atoms with E-state index in [-0.39, 0.29) is 40.9 Å². The van der Waals surface area contributed by atoms with E-state index in [2.05, 4.69) is 38.2 Å². The summed E-state index contributed by atoms with van der Waals surface area (Å²) in [5.41, 5.74) is -1.27. The molecule has 0 spiro atoms. The molecule has 1 aliphatic rings. The lowest BCUT2D eigenvalue weighted by atomic mass is 9.97. The number of likely N-dealkylation sites (N-methyl/N-ethyl adjacent to an activating group) is 2. The van der Waals surface area contributed by atoms with Crippen molar-refractivity contribution in [2.24, 2.45) is 0 Å². The fourth-order valence-corrected chi connectivity index (χ4v) is 4.03. The quantitative estimate of drug-likeness (QED) is 0.229. The summed E-state index contributed by atoms with van der Waals surface area (Å²) in [6.45, 7) is 11.9. The predicted octanol–water partition coefficient (Wildman–Crippen LogP) is 7.24. The van der Waals surface area contributed by atoms with Crippen molar-refractivity contribution < 1.29 is 36.4 Å². The van der Waals surface area contributed by atoms with Gasteiger partial charge in [-0.2, -0.15) is 8.78 Å². The minimum Gasteiger partial charge on any atom is -0.392 e. The van der Waals surface area contributed by atoms with E-state index in [1.165, 1.54) is 44.0 Å².